The molecule has 21 heavy (non-hydrogen) atoms. The number of fused-ring (bicyclic) bond motifs is 1. The van der Waals surface area contributed by atoms with Gasteiger partial charge in [0.1, 0.15) is 0 Å². The zero-order valence-corrected chi connectivity index (χ0v) is 10.9. The van der Waals surface area contributed by atoms with Gasteiger partial charge in [-0.05, 0) is 0 Å². The molecule has 0 radical (unpaired) electrons. The summed E-state index contributed by atoms with van der Waals surface area (Å²) in [6, 6.07) is 0. The van der Waals surface area contributed by atoms with E-state index in [4.69, 9.17) is 0 Å². The number of nitrogens with one attached hydrogen (secondary N) is 2. The van der Waals surface area contributed by atoms with Gasteiger partial charge in [0.25, 0.3) is 5.56 Å². The monoisotopic (exact) mass is 299 g/mol. The van der Waals surface area contributed by atoms with Crippen molar-refractivity contribution in [3.8, 4) is 0 Å². The van der Waals surface area contributed by atoms with Gasteiger partial charge in [-0.1, -0.05) is 0 Å². The predicted molar refractivity (Wildman–Crippen MR) is 66.3 cm³/mol. The van der Waals surface area contributed by atoms with Crippen LogP contribution in [0.25, 0.3) is 0 Å². The van der Waals surface area contributed by atoms with Crippen LogP contribution < -0.4 is 5.56 Å². The molecular formula is C12H12F3N5O. The van der Waals surface area contributed by atoms with Crippen LogP contribution in [0.3, 0.4) is 0 Å². The summed E-state index contributed by atoms with van der Waals surface area (Å²) < 4.78 is 37.8. The molecular weight excluding hydrogens is 287 g/mol. The molecule has 112 valence electrons. The Bertz CT molecular complexity index is 692. The van der Waals surface area contributed by atoms with Gasteiger partial charge >= 0.3 is 6.18 Å². The molecule has 3 heterocycles. The molecule has 2 aromatic rings. The van der Waals surface area contributed by atoms with Crippen molar-refractivity contribution in [1.29, 1.82) is 0 Å². The highest BCUT2D eigenvalue weighted by molar-refractivity contribution is 5.22. The number of aromatic nitrogens is 4. The van der Waals surface area contributed by atoms with E-state index in [2.05, 4.69) is 15.2 Å². The van der Waals surface area contributed by atoms with E-state index in [-0.39, 0.29) is 12.2 Å². The van der Waals surface area contributed by atoms with Crippen LogP contribution in [0.15, 0.2) is 17.2 Å². The van der Waals surface area contributed by atoms with Crippen molar-refractivity contribution in [1.82, 2.24) is 25.1 Å². The summed E-state index contributed by atoms with van der Waals surface area (Å²) in [5.41, 5.74) is 0.770. The summed E-state index contributed by atoms with van der Waals surface area (Å²) in [6.07, 6.45) is -0.905. The molecule has 0 aliphatic carbocycles. The molecule has 3 rings (SSSR count). The maximum absolute atomic E-state index is 12.6. The highest BCUT2D eigenvalue weighted by Crippen LogP contribution is 2.26. The third-order valence-electron chi connectivity index (χ3n) is 3.38. The van der Waals surface area contributed by atoms with E-state index in [0.717, 1.165) is 5.56 Å². The second-order valence-electron chi connectivity index (χ2n) is 4.90. The Morgan fingerprint density at radius 3 is 2.86 bits per heavy atom. The Balaban J connectivity index is 1.85. The van der Waals surface area contributed by atoms with Crippen molar-refractivity contribution < 1.29 is 13.2 Å². The largest absolute Gasteiger partial charge is 0.449 e. The Morgan fingerprint density at radius 2 is 2.19 bits per heavy atom. The van der Waals surface area contributed by atoms with Crippen molar-refractivity contribution in [3.05, 3.63) is 45.4 Å². The fourth-order valence-electron chi connectivity index (χ4n) is 2.37. The highest BCUT2D eigenvalue weighted by Gasteiger charge is 2.35. The first-order chi connectivity index (χ1) is 9.93. The predicted octanol–water partition coefficient (Wildman–Crippen LogP) is 1.07. The minimum absolute atomic E-state index is 0.231. The molecule has 0 saturated carbocycles. The lowest BCUT2D eigenvalue weighted by Gasteiger charge is -2.27. The summed E-state index contributed by atoms with van der Waals surface area (Å²) in [4.78, 5) is 19.2. The molecule has 0 unspecified atom stereocenters. The van der Waals surface area contributed by atoms with Crippen molar-refractivity contribution in [3.63, 3.8) is 0 Å². The van der Waals surface area contributed by atoms with Crippen LogP contribution >= 0.6 is 0 Å². The standard InChI is InChI=1S/C12H12F3N5O/c13-12(14,15)11-18-9-1-2-20(5-7-3-16-17-4-7)6-8(9)10(21)19-11/h3-4H,1-2,5-6H2,(H,16,17)(H,18,19,21). The molecule has 9 heteroatoms. The number of hydrogen-bond donors (Lipinski definition) is 2. The van der Waals surface area contributed by atoms with E-state index in [1.807, 2.05) is 9.88 Å². The van der Waals surface area contributed by atoms with Gasteiger partial charge in [0.2, 0.25) is 5.82 Å². The highest BCUT2D eigenvalue weighted by atomic mass is 19.4. The van der Waals surface area contributed by atoms with E-state index in [1.54, 1.807) is 12.4 Å². The van der Waals surface area contributed by atoms with Crippen molar-refractivity contribution in [2.24, 2.45) is 0 Å². The van der Waals surface area contributed by atoms with Gasteiger partial charge in [0, 0.05) is 37.8 Å². The molecule has 0 spiro atoms. The third kappa shape index (κ3) is 2.82. The maximum Gasteiger partial charge on any atom is 0.449 e. The molecule has 1 aliphatic heterocycles. The molecule has 0 atom stereocenters. The topological polar surface area (TPSA) is 77.7 Å². The number of rotatable bonds is 2. The smallest absolute Gasteiger partial charge is 0.303 e. The minimum atomic E-state index is -4.64. The van der Waals surface area contributed by atoms with Gasteiger partial charge in [0.15, 0.2) is 0 Å². The van der Waals surface area contributed by atoms with E-state index < -0.39 is 17.6 Å². The number of hydrogen-bond acceptors (Lipinski definition) is 4. The zero-order valence-electron chi connectivity index (χ0n) is 10.9. The summed E-state index contributed by atoms with van der Waals surface area (Å²) >= 11 is 0. The molecule has 2 aromatic heterocycles. The fraction of sp³-hybridized carbons (Fsp3) is 0.417. The van der Waals surface area contributed by atoms with Crippen molar-refractivity contribution in [2.45, 2.75) is 25.7 Å². The number of halogens is 3. The van der Waals surface area contributed by atoms with Crippen LogP contribution in [0.4, 0.5) is 13.2 Å². The number of nitrogens with zero attached hydrogens (tertiary/aromatic N) is 3. The molecule has 0 bridgehead atoms. The summed E-state index contributed by atoms with van der Waals surface area (Å²) in [5, 5.41) is 6.52. The molecule has 1 aliphatic rings. The van der Waals surface area contributed by atoms with Gasteiger partial charge in [-0.15, -0.1) is 0 Å². The molecule has 0 fully saturated rings. The zero-order chi connectivity index (χ0) is 15.0. The van der Waals surface area contributed by atoms with Gasteiger partial charge in [0.05, 0.1) is 17.5 Å². The van der Waals surface area contributed by atoms with Crippen LogP contribution in [-0.2, 0) is 25.7 Å². The Hall–Kier alpha value is -2.16. The third-order valence-corrected chi connectivity index (χ3v) is 3.38. The molecule has 2 N–H and O–H groups in total. The Morgan fingerprint density at radius 1 is 1.38 bits per heavy atom. The average molecular weight is 299 g/mol. The second-order valence-corrected chi connectivity index (χ2v) is 4.90. The van der Waals surface area contributed by atoms with E-state index >= 15 is 0 Å². The Kier molecular flexibility index (Phi) is 3.28. The summed E-state index contributed by atoms with van der Waals surface area (Å²) in [6.45, 7) is 1.41. The Labute approximate surface area is 117 Å². The quantitative estimate of drug-likeness (QED) is 0.869. The van der Waals surface area contributed by atoms with Crippen LogP contribution in [0.2, 0.25) is 0 Å². The van der Waals surface area contributed by atoms with Crippen LogP contribution in [0, 0.1) is 0 Å². The lowest BCUT2D eigenvalue weighted by atomic mass is 10.1. The number of alkyl halides is 3. The molecule has 0 saturated heterocycles. The number of H-pyrrole nitrogens is 2. The van der Waals surface area contributed by atoms with E-state index in [9.17, 15) is 18.0 Å². The van der Waals surface area contributed by atoms with E-state index in [0.29, 0.717) is 25.1 Å². The normalized spacial score (nSPS) is 16.0. The van der Waals surface area contributed by atoms with Gasteiger partial charge in [-0.2, -0.15) is 18.3 Å². The van der Waals surface area contributed by atoms with Crippen molar-refractivity contribution in [2.75, 3.05) is 6.54 Å². The van der Waals surface area contributed by atoms with Crippen LogP contribution in [0.5, 0.6) is 0 Å². The average Bonchev–Trinajstić information content (AvgIpc) is 2.91. The number of aromatic amines is 2. The lowest BCUT2D eigenvalue weighted by Crippen LogP contribution is -2.36. The van der Waals surface area contributed by atoms with E-state index in [1.165, 1.54) is 0 Å². The minimum Gasteiger partial charge on any atom is -0.303 e. The first-order valence-electron chi connectivity index (χ1n) is 6.33. The summed E-state index contributed by atoms with van der Waals surface area (Å²) in [7, 11) is 0. The summed E-state index contributed by atoms with van der Waals surface area (Å²) in [5.74, 6) is -1.23. The maximum atomic E-state index is 12.6. The molecule has 0 aromatic carbocycles. The first kappa shape index (κ1) is 13.8. The lowest BCUT2D eigenvalue weighted by molar-refractivity contribution is -0.145. The van der Waals surface area contributed by atoms with Gasteiger partial charge < -0.3 is 4.98 Å². The van der Waals surface area contributed by atoms with Crippen molar-refractivity contribution >= 4 is 0 Å². The fourth-order valence-corrected chi connectivity index (χ4v) is 2.37. The molecule has 6 nitrogen and oxygen atoms in total. The second kappa shape index (κ2) is 4.99. The van der Waals surface area contributed by atoms with Gasteiger partial charge in [-0.25, -0.2) is 4.98 Å². The molecule has 0 amide bonds. The van der Waals surface area contributed by atoms with Crippen LogP contribution in [-0.4, -0.2) is 31.6 Å². The van der Waals surface area contributed by atoms with Crippen LogP contribution in [0.1, 0.15) is 22.6 Å². The SMILES string of the molecule is O=c1[nH]c(C(F)(F)F)nc2c1CN(Cc1cn[nH]c1)CC2. The van der Waals surface area contributed by atoms with Gasteiger partial charge in [-0.3, -0.25) is 14.8 Å². The first-order valence-corrected chi connectivity index (χ1v) is 6.33.